The molecule has 1 heterocycles. The van der Waals surface area contributed by atoms with Gasteiger partial charge < -0.3 is 14.7 Å². The number of methoxy groups -OCH3 is 1. The second kappa shape index (κ2) is 3.53. The van der Waals surface area contributed by atoms with Gasteiger partial charge >= 0.3 is 5.97 Å². The Morgan fingerprint density at radius 1 is 1.83 bits per heavy atom. The maximum Gasteiger partial charge on any atom is 0.323 e. The lowest BCUT2D eigenvalue weighted by atomic mass is 10.3. The minimum Gasteiger partial charge on any atom is -0.480 e. The van der Waals surface area contributed by atoms with Crippen LogP contribution in [0.15, 0.2) is 0 Å². The highest BCUT2D eigenvalue weighted by molar-refractivity contribution is 5.83. The Bertz CT molecular complexity index is 204. The number of carboxylic acids is 1. The summed E-state index contributed by atoms with van der Waals surface area (Å²) < 4.78 is 4.94. The second-order valence-corrected chi connectivity index (χ2v) is 2.73. The Hall–Kier alpha value is -1.10. The molecule has 1 rings (SSSR count). The molecule has 0 aromatic carbocycles. The van der Waals surface area contributed by atoms with E-state index in [1.165, 1.54) is 12.0 Å². The van der Waals surface area contributed by atoms with Crippen molar-refractivity contribution < 1.29 is 19.4 Å². The van der Waals surface area contributed by atoms with Crippen LogP contribution >= 0.6 is 0 Å². The summed E-state index contributed by atoms with van der Waals surface area (Å²) in [6.45, 7) is 0.167. The van der Waals surface area contributed by atoms with Gasteiger partial charge in [-0.1, -0.05) is 0 Å². The van der Waals surface area contributed by atoms with Crippen molar-refractivity contribution in [1.29, 1.82) is 0 Å². The van der Waals surface area contributed by atoms with Crippen molar-refractivity contribution in [3.63, 3.8) is 0 Å². The topological polar surface area (TPSA) is 66.8 Å². The first-order valence-corrected chi connectivity index (χ1v) is 3.66. The maximum absolute atomic E-state index is 11.1. The molecule has 1 aliphatic rings. The molecule has 0 saturated carbocycles. The number of carbonyl (C=O) groups excluding carboxylic acids is 1. The first-order valence-electron chi connectivity index (χ1n) is 3.66. The summed E-state index contributed by atoms with van der Waals surface area (Å²) in [6.07, 6.45) is 0.154. The highest BCUT2D eigenvalue weighted by atomic mass is 16.5. The number of hydrogen-bond acceptors (Lipinski definition) is 3. The summed E-state index contributed by atoms with van der Waals surface area (Å²) in [5, 5.41) is 8.42. The molecular weight excluding hydrogens is 162 g/mol. The van der Waals surface area contributed by atoms with Gasteiger partial charge in [-0.25, -0.2) is 0 Å². The third kappa shape index (κ3) is 1.94. The van der Waals surface area contributed by atoms with Crippen molar-refractivity contribution in [3.8, 4) is 0 Å². The summed E-state index contributed by atoms with van der Waals surface area (Å²) in [6, 6.07) is 0. The zero-order valence-corrected chi connectivity index (χ0v) is 6.82. The highest BCUT2D eigenvalue weighted by Crippen LogP contribution is 2.12. The molecule has 0 spiro atoms. The quantitative estimate of drug-likeness (QED) is 0.614. The first-order chi connectivity index (χ1) is 5.63. The van der Waals surface area contributed by atoms with Crippen LogP contribution in [-0.4, -0.2) is 48.2 Å². The van der Waals surface area contributed by atoms with E-state index in [0.29, 0.717) is 13.0 Å². The number of nitrogens with zero attached hydrogens (tertiary/aromatic N) is 1. The van der Waals surface area contributed by atoms with E-state index >= 15 is 0 Å². The van der Waals surface area contributed by atoms with E-state index in [1.807, 2.05) is 0 Å². The molecule has 1 fully saturated rings. The van der Waals surface area contributed by atoms with Gasteiger partial charge in [0.05, 0.1) is 12.5 Å². The van der Waals surface area contributed by atoms with Gasteiger partial charge in [0.2, 0.25) is 5.91 Å². The Morgan fingerprint density at radius 3 is 2.92 bits per heavy atom. The summed E-state index contributed by atoms with van der Waals surface area (Å²) >= 11 is 0. The molecule has 0 radical (unpaired) electrons. The van der Waals surface area contributed by atoms with Gasteiger partial charge in [0.1, 0.15) is 6.54 Å². The predicted molar refractivity (Wildman–Crippen MR) is 39.6 cm³/mol. The minimum absolute atomic E-state index is 0.142. The molecule has 0 bridgehead atoms. The number of rotatable bonds is 3. The van der Waals surface area contributed by atoms with Crippen molar-refractivity contribution in [3.05, 3.63) is 0 Å². The van der Waals surface area contributed by atoms with E-state index in [2.05, 4.69) is 0 Å². The van der Waals surface area contributed by atoms with E-state index < -0.39 is 5.97 Å². The van der Waals surface area contributed by atoms with E-state index in [1.54, 1.807) is 0 Å². The summed E-state index contributed by atoms with van der Waals surface area (Å²) in [5.41, 5.74) is 0. The molecule has 1 aliphatic heterocycles. The molecule has 5 heteroatoms. The van der Waals surface area contributed by atoms with Crippen LogP contribution in [-0.2, 0) is 14.3 Å². The van der Waals surface area contributed by atoms with E-state index in [0.717, 1.165) is 0 Å². The van der Waals surface area contributed by atoms with Gasteiger partial charge in [-0.05, 0) is 0 Å². The molecule has 0 aliphatic carbocycles. The summed E-state index contributed by atoms with van der Waals surface area (Å²) in [4.78, 5) is 22.6. The Labute approximate surface area is 69.9 Å². The number of likely N-dealkylation sites (tertiary alicyclic amines) is 1. The van der Waals surface area contributed by atoms with Crippen molar-refractivity contribution in [2.75, 3.05) is 20.2 Å². The van der Waals surface area contributed by atoms with Crippen LogP contribution in [0.5, 0.6) is 0 Å². The van der Waals surface area contributed by atoms with Crippen molar-refractivity contribution >= 4 is 11.9 Å². The van der Waals surface area contributed by atoms with Gasteiger partial charge in [0, 0.05) is 13.7 Å². The maximum atomic E-state index is 11.1. The summed E-state index contributed by atoms with van der Waals surface area (Å²) in [7, 11) is 1.52. The SMILES string of the molecule is COC1CC(=O)N(CC(=O)O)C1. The lowest BCUT2D eigenvalue weighted by molar-refractivity contribution is -0.142. The average molecular weight is 173 g/mol. The van der Waals surface area contributed by atoms with Gasteiger partial charge in [-0.15, -0.1) is 0 Å². The van der Waals surface area contributed by atoms with Crippen LogP contribution in [0, 0.1) is 0 Å². The summed E-state index contributed by atoms with van der Waals surface area (Å²) in [5.74, 6) is -1.13. The fraction of sp³-hybridized carbons (Fsp3) is 0.714. The first kappa shape index (κ1) is 8.99. The van der Waals surface area contributed by atoms with Crippen molar-refractivity contribution in [1.82, 2.24) is 4.90 Å². The standard InChI is InChI=1S/C7H11NO4/c1-12-5-2-6(9)8(3-5)4-7(10)11/h5H,2-4H2,1H3,(H,10,11). The van der Waals surface area contributed by atoms with E-state index in [4.69, 9.17) is 9.84 Å². The molecule has 1 saturated heterocycles. The molecule has 5 nitrogen and oxygen atoms in total. The lowest BCUT2D eigenvalue weighted by Crippen LogP contribution is -2.31. The number of ether oxygens (including phenoxy) is 1. The zero-order valence-electron chi connectivity index (χ0n) is 6.82. The Balaban J connectivity index is 2.46. The molecule has 12 heavy (non-hydrogen) atoms. The third-order valence-corrected chi connectivity index (χ3v) is 1.84. The van der Waals surface area contributed by atoms with Crippen LogP contribution in [0.2, 0.25) is 0 Å². The van der Waals surface area contributed by atoms with Crippen LogP contribution in [0.25, 0.3) is 0 Å². The Kier molecular flexibility index (Phi) is 2.65. The fourth-order valence-corrected chi connectivity index (χ4v) is 1.21. The molecule has 0 aromatic rings. The number of aliphatic carboxylic acids is 1. The largest absolute Gasteiger partial charge is 0.480 e. The van der Waals surface area contributed by atoms with E-state index in [-0.39, 0.29) is 18.6 Å². The molecule has 1 N–H and O–H groups in total. The Morgan fingerprint density at radius 2 is 2.50 bits per heavy atom. The number of carboxylic acid groups (broad SMARTS) is 1. The predicted octanol–water partition coefficient (Wildman–Crippen LogP) is -0.682. The second-order valence-electron chi connectivity index (χ2n) is 2.73. The molecule has 68 valence electrons. The van der Waals surface area contributed by atoms with Crippen LogP contribution < -0.4 is 0 Å². The van der Waals surface area contributed by atoms with Crippen LogP contribution in [0.1, 0.15) is 6.42 Å². The van der Waals surface area contributed by atoms with Crippen LogP contribution in [0.4, 0.5) is 0 Å². The van der Waals surface area contributed by atoms with Gasteiger partial charge in [-0.2, -0.15) is 0 Å². The van der Waals surface area contributed by atoms with Gasteiger partial charge in [0.25, 0.3) is 0 Å². The number of amides is 1. The molecule has 1 amide bonds. The third-order valence-electron chi connectivity index (χ3n) is 1.84. The molecule has 0 aromatic heterocycles. The molecular formula is C7H11NO4. The minimum atomic E-state index is -0.986. The average Bonchev–Trinajstić information content (AvgIpc) is 2.31. The van der Waals surface area contributed by atoms with Crippen molar-refractivity contribution in [2.24, 2.45) is 0 Å². The number of hydrogen-bond donors (Lipinski definition) is 1. The van der Waals surface area contributed by atoms with Gasteiger partial charge in [-0.3, -0.25) is 9.59 Å². The highest BCUT2D eigenvalue weighted by Gasteiger charge is 2.30. The van der Waals surface area contributed by atoms with E-state index in [9.17, 15) is 9.59 Å². The molecule has 1 atom stereocenters. The monoisotopic (exact) mass is 173 g/mol. The number of carbonyl (C=O) groups is 2. The lowest BCUT2D eigenvalue weighted by Gasteiger charge is -2.12. The molecule has 1 unspecified atom stereocenters. The van der Waals surface area contributed by atoms with Gasteiger partial charge in [0.15, 0.2) is 0 Å². The smallest absolute Gasteiger partial charge is 0.323 e. The van der Waals surface area contributed by atoms with Crippen LogP contribution in [0.3, 0.4) is 0 Å². The normalized spacial score (nSPS) is 23.2. The zero-order chi connectivity index (χ0) is 9.14. The van der Waals surface area contributed by atoms with Crippen molar-refractivity contribution in [2.45, 2.75) is 12.5 Å². The fourth-order valence-electron chi connectivity index (χ4n) is 1.21.